The minimum absolute atomic E-state index is 0.391. The highest BCUT2D eigenvalue weighted by Crippen LogP contribution is 2.43. The molecule has 2 aromatic heterocycles. The van der Waals surface area contributed by atoms with E-state index in [4.69, 9.17) is 9.57 Å². The number of anilines is 1. The van der Waals surface area contributed by atoms with Crippen LogP contribution in [-0.4, -0.2) is 63.9 Å². The first-order chi connectivity index (χ1) is 13.6. The molecule has 0 bridgehead atoms. The lowest BCUT2D eigenvalue weighted by molar-refractivity contribution is -0.0564. The van der Waals surface area contributed by atoms with E-state index >= 15 is 4.39 Å². The number of ether oxygens (including phenoxy) is 1. The number of aromatic nitrogens is 3. The summed E-state index contributed by atoms with van der Waals surface area (Å²) >= 11 is 0. The lowest BCUT2D eigenvalue weighted by Gasteiger charge is -2.25. The van der Waals surface area contributed by atoms with Gasteiger partial charge in [0.25, 0.3) is 0 Å². The molecule has 4 atom stereocenters. The number of halogens is 1. The average molecular weight is 423 g/mol. The van der Waals surface area contributed by atoms with Gasteiger partial charge in [0, 0.05) is 6.20 Å². The number of rotatable bonds is 5. The number of hydrogen-bond acceptors (Lipinski definition) is 7. The van der Waals surface area contributed by atoms with Crippen molar-refractivity contribution in [3.05, 3.63) is 18.1 Å². The van der Waals surface area contributed by atoms with Gasteiger partial charge in [0.2, 0.25) is 0 Å². The van der Waals surface area contributed by atoms with Gasteiger partial charge in [0.15, 0.2) is 17.7 Å². The quantitative estimate of drug-likeness (QED) is 0.385. The van der Waals surface area contributed by atoms with Crippen LogP contribution in [0.4, 0.5) is 10.2 Å². The summed E-state index contributed by atoms with van der Waals surface area (Å²) in [4.78, 5) is 13.8. The van der Waals surface area contributed by atoms with Gasteiger partial charge < -0.3 is 19.5 Å². The van der Waals surface area contributed by atoms with Gasteiger partial charge in [0.1, 0.15) is 32.3 Å². The molecule has 1 fully saturated rings. The molecule has 3 rings (SSSR count). The molecule has 0 aliphatic carbocycles. The minimum Gasteiger partial charge on any atom is -0.394 e. The topological polar surface area (TPSA) is 102 Å². The van der Waals surface area contributed by atoms with Gasteiger partial charge in [-0.2, -0.15) is 0 Å². The first kappa shape index (κ1) is 21.7. The van der Waals surface area contributed by atoms with Gasteiger partial charge >= 0.3 is 0 Å². The summed E-state index contributed by atoms with van der Waals surface area (Å²) in [7, 11) is -1.69. The number of aliphatic hydroxyl groups excluding tert-OH is 2. The fraction of sp³-hybridized carbons (Fsp3) is 0.579. The molecule has 0 aromatic carbocycles. The largest absolute Gasteiger partial charge is 0.394 e. The summed E-state index contributed by atoms with van der Waals surface area (Å²) in [6.45, 7) is 9.37. The van der Waals surface area contributed by atoms with Gasteiger partial charge in [-0.15, -0.1) is 5.54 Å². The van der Waals surface area contributed by atoms with Crippen LogP contribution in [0.2, 0.25) is 19.6 Å². The van der Waals surface area contributed by atoms with E-state index in [1.807, 2.05) is 6.92 Å². The molecule has 158 valence electrons. The van der Waals surface area contributed by atoms with Crippen LogP contribution in [0, 0.1) is 11.5 Å². The molecule has 8 nitrogen and oxygen atoms in total. The van der Waals surface area contributed by atoms with E-state index in [9.17, 15) is 10.2 Å². The third kappa shape index (κ3) is 4.15. The molecular weight excluding hydrogens is 395 g/mol. The molecule has 2 aromatic rings. The molecule has 3 N–H and O–H groups in total. The Kier molecular flexibility index (Phi) is 5.98. The Bertz CT molecular complexity index is 947. The number of hydrogen-bond donors (Lipinski definition) is 3. The maximum absolute atomic E-state index is 15.4. The highest BCUT2D eigenvalue weighted by Gasteiger charge is 2.55. The van der Waals surface area contributed by atoms with Crippen molar-refractivity contribution in [3.8, 4) is 11.5 Å². The summed E-state index contributed by atoms with van der Waals surface area (Å²) < 4.78 is 22.5. The molecule has 1 aliphatic heterocycles. The number of fused-ring (bicyclic) bond motifs is 1. The second-order valence-electron chi connectivity index (χ2n) is 8.21. The van der Waals surface area contributed by atoms with Crippen molar-refractivity contribution < 1.29 is 24.2 Å². The Balaban J connectivity index is 2.19. The normalized spacial score (nSPS) is 27.1. The highest BCUT2D eigenvalue weighted by atomic mass is 28.3. The zero-order valence-corrected chi connectivity index (χ0v) is 18.2. The van der Waals surface area contributed by atoms with Crippen molar-refractivity contribution in [1.82, 2.24) is 14.5 Å². The van der Waals surface area contributed by atoms with Gasteiger partial charge in [-0.25, -0.2) is 19.8 Å². The number of nitrogens with zero attached hydrogens (tertiary/aromatic N) is 3. The summed E-state index contributed by atoms with van der Waals surface area (Å²) in [6, 6.07) is 0. The lowest BCUT2D eigenvalue weighted by atomic mass is 9.98. The maximum Gasteiger partial charge on any atom is 0.181 e. The Labute approximate surface area is 170 Å². The summed E-state index contributed by atoms with van der Waals surface area (Å²) in [6.07, 6.45) is -0.713. The second kappa shape index (κ2) is 8.01. The van der Waals surface area contributed by atoms with Crippen LogP contribution >= 0.6 is 0 Å². The van der Waals surface area contributed by atoms with Crippen LogP contribution in [0.25, 0.3) is 11.0 Å². The zero-order valence-electron chi connectivity index (χ0n) is 17.2. The molecule has 0 saturated carbocycles. The number of aliphatic hydroxyl groups is 2. The molecule has 2 unspecified atom stereocenters. The van der Waals surface area contributed by atoms with Crippen LogP contribution in [0.15, 0.2) is 12.5 Å². The summed E-state index contributed by atoms with van der Waals surface area (Å²) in [5.74, 6) is 3.59. The molecule has 10 heteroatoms. The van der Waals surface area contributed by atoms with Crippen molar-refractivity contribution in [3.63, 3.8) is 0 Å². The van der Waals surface area contributed by atoms with Crippen molar-refractivity contribution in [1.29, 1.82) is 0 Å². The predicted octanol–water partition coefficient (Wildman–Crippen LogP) is 2.00. The second-order valence-corrected chi connectivity index (χ2v) is 13.0. The third-order valence-corrected chi connectivity index (χ3v) is 5.52. The van der Waals surface area contributed by atoms with Crippen LogP contribution in [-0.2, 0) is 9.57 Å². The first-order valence-electron chi connectivity index (χ1n) is 9.50. The van der Waals surface area contributed by atoms with Crippen molar-refractivity contribution >= 4 is 24.9 Å². The monoisotopic (exact) mass is 422 g/mol. The number of nitrogens with one attached hydrogen (secondary N) is 1. The van der Waals surface area contributed by atoms with E-state index in [-0.39, 0.29) is 0 Å². The zero-order chi connectivity index (χ0) is 21.4. The van der Waals surface area contributed by atoms with Crippen molar-refractivity contribution in [2.45, 2.75) is 57.6 Å². The maximum atomic E-state index is 15.4. The van der Waals surface area contributed by atoms with Gasteiger partial charge in [-0.3, -0.25) is 4.84 Å². The number of alkyl halides is 1. The molecule has 1 aliphatic rings. The average Bonchev–Trinajstić information content (AvgIpc) is 3.13. The fourth-order valence-electron chi connectivity index (χ4n) is 3.19. The molecular formula is C19H27FN4O4Si. The van der Waals surface area contributed by atoms with E-state index in [0.717, 1.165) is 0 Å². The van der Waals surface area contributed by atoms with E-state index in [0.29, 0.717) is 29.0 Å². The van der Waals surface area contributed by atoms with Crippen LogP contribution < -0.4 is 5.48 Å². The standard InChI is InChI=1S/C19H27FN4O4Si/c1-6-27-23-16-14-12(7-8-29(3,4)5)9-24(17(14)22-11-21-16)18-19(2,20)15(26)13(10-25)28-18/h9,11,13,15,18,25-26H,6,10H2,1-5H3,(H,21,22,23)/t13?,15?,18-,19-/m1/s1. The minimum atomic E-state index is -2.14. The van der Waals surface area contributed by atoms with Crippen molar-refractivity contribution in [2.75, 3.05) is 18.7 Å². The van der Waals surface area contributed by atoms with Gasteiger partial charge in [-0.1, -0.05) is 25.6 Å². The van der Waals surface area contributed by atoms with Gasteiger partial charge in [0.05, 0.1) is 24.2 Å². The van der Waals surface area contributed by atoms with Gasteiger partial charge in [-0.05, 0) is 13.8 Å². The van der Waals surface area contributed by atoms with E-state index in [1.165, 1.54) is 17.8 Å². The summed E-state index contributed by atoms with van der Waals surface area (Å²) in [5.41, 5.74) is 4.93. The predicted molar refractivity (Wildman–Crippen MR) is 110 cm³/mol. The van der Waals surface area contributed by atoms with E-state index < -0.39 is 38.8 Å². The summed E-state index contributed by atoms with van der Waals surface area (Å²) in [5, 5.41) is 20.3. The third-order valence-electron chi connectivity index (χ3n) is 4.64. The Morgan fingerprint density at radius 3 is 2.72 bits per heavy atom. The first-order valence-corrected chi connectivity index (χ1v) is 13.0. The molecule has 29 heavy (non-hydrogen) atoms. The Morgan fingerprint density at radius 1 is 1.41 bits per heavy atom. The molecule has 1 saturated heterocycles. The van der Waals surface area contributed by atoms with E-state index in [2.05, 4.69) is 46.6 Å². The Morgan fingerprint density at radius 2 is 2.14 bits per heavy atom. The molecule has 0 radical (unpaired) electrons. The highest BCUT2D eigenvalue weighted by molar-refractivity contribution is 6.83. The molecule has 0 amide bonds. The van der Waals surface area contributed by atoms with E-state index in [1.54, 1.807) is 6.20 Å². The van der Waals surface area contributed by atoms with Crippen LogP contribution in [0.1, 0.15) is 25.6 Å². The smallest absolute Gasteiger partial charge is 0.181 e. The van der Waals surface area contributed by atoms with Crippen molar-refractivity contribution in [2.24, 2.45) is 0 Å². The SMILES string of the molecule is CCONc1ncnc2c1c(C#C[Si](C)(C)C)cn2[C@@H]1OC(CO)C(O)[C@@]1(C)F. The lowest BCUT2D eigenvalue weighted by Crippen LogP contribution is -2.40. The Hall–Kier alpha value is -2.03. The molecule has 3 heterocycles. The van der Waals surface area contributed by atoms with Crippen LogP contribution in [0.3, 0.4) is 0 Å². The molecule has 0 spiro atoms. The van der Waals surface area contributed by atoms with Crippen LogP contribution in [0.5, 0.6) is 0 Å². The fourth-order valence-corrected chi connectivity index (χ4v) is 3.70.